The molecule has 0 saturated heterocycles. The highest BCUT2D eigenvalue weighted by atomic mass is 32.2. The van der Waals surface area contributed by atoms with Gasteiger partial charge in [-0.2, -0.15) is 0 Å². The van der Waals surface area contributed by atoms with Gasteiger partial charge in [0.2, 0.25) is 10.0 Å². The van der Waals surface area contributed by atoms with Crippen molar-refractivity contribution in [1.82, 2.24) is 4.31 Å². The molecule has 0 radical (unpaired) electrons. The molecule has 0 aromatic heterocycles. The maximum absolute atomic E-state index is 12.8. The third-order valence-electron chi connectivity index (χ3n) is 3.46. The zero-order chi connectivity index (χ0) is 14.0. The average Bonchev–Trinajstić information content (AvgIpc) is 2.30. The van der Waals surface area contributed by atoms with Crippen LogP contribution in [-0.4, -0.2) is 37.5 Å². The molecule has 1 aromatic carbocycles. The van der Waals surface area contributed by atoms with E-state index in [4.69, 9.17) is 0 Å². The van der Waals surface area contributed by atoms with E-state index in [0.717, 1.165) is 0 Å². The van der Waals surface area contributed by atoms with Crippen LogP contribution in [0.25, 0.3) is 0 Å². The van der Waals surface area contributed by atoms with E-state index in [1.165, 1.54) is 28.6 Å². The summed E-state index contributed by atoms with van der Waals surface area (Å²) in [7, 11) is -1.84. The van der Waals surface area contributed by atoms with Crippen LogP contribution in [0.3, 0.4) is 0 Å². The first-order valence-electron chi connectivity index (χ1n) is 6.23. The van der Waals surface area contributed by atoms with Crippen molar-refractivity contribution >= 4 is 10.0 Å². The van der Waals surface area contributed by atoms with Crippen molar-refractivity contribution in [3.05, 3.63) is 35.6 Å². The number of aliphatic hydroxyl groups excluding tert-OH is 1. The van der Waals surface area contributed by atoms with Gasteiger partial charge < -0.3 is 5.11 Å². The zero-order valence-electron chi connectivity index (χ0n) is 10.8. The van der Waals surface area contributed by atoms with E-state index in [-0.39, 0.29) is 23.6 Å². The fourth-order valence-corrected chi connectivity index (χ4v) is 3.50. The average molecular weight is 287 g/mol. The molecule has 0 bridgehead atoms. The van der Waals surface area contributed by atoms with Gasteiger partial charge in [0, 0.05) is 13.6 Å². The molecule has 4 nitrogen and oxygen atoms in total. The first-order chi connectivity index (χ1) is 8.87. The predicted octanol–water partition coefficient (Wildman–Crippen LogP) is 1.36. The minimum Gasteiger partial charge on any atom is -0.393 e. The largest absolute Gasteiger partial charge is 0.393 e. The minimum absolute atomic E-state index is 0.126. The smallest absolute Gasteiger partial charge is 0.218 e. The van der Waals surface area contributed by atoms with Crippen LogP contribution in [0.15, 0.2) is 24.3 Å². The van der Waals surface area contributed by atoms with Crippen LogP contribution in [0.5, 0.6) is 0 Å². The second-order valence-corrected chi connectivity index (χ2v) is 7.23. The van der Waals surface area contributed by atoms with Crippen molar-refractivity contribution in [3.63, 3.8) is 0 Å². The highest BCUT2D eigenvalue weighted by Crippen LogP contribution is 2.28. The van der Waals surface area contributed by atoms with E-state index in [1.807, 2.05) is 0 Å². The molecular weight excluding hydrogens is 269 g/mol. The van der Waals surface area contributed by atoms with Crippen LogP contribution in [-0.2, 0) is 15.8 Å². The summed E-state index contributed by atoms with van der Waals surface area (Å²) in [6.07, 6.45) is 1.05. The molecule has 106 valence electrons. The van der Waals surface area contributed by atoms with Crippen molar-refractivity contribution in [3.8, 4) is 0 Å². The molecule has 1 aliphatic rings. The predicted molar refractivity (Wildman–Crippen MR) is 70.4 cm³/mol. The van der Waals surface area contributed by atoms with Crippen molar-refractivity contribution < 1.29 is 17.9 Å². The number of rotatable bonds is 5. The van der Waals surface area contributed by atoms with E-state index < -0.39 is 10.0 Å². The normalized spacial score (nSPS) is 23.4. The number of hydrogen-bond donors (Lipinski definition) is 1. The van der Waals surface area contributed by atoms with Crippen LogP contribution in [0.2, 0.25) is 0 Å². The number of halogens is 1. The van der Waals surface area contributed by atoms with Gasteiger partial charge in [0.15, 0.2) is 0 Å². The van der Waals surface area contributed by atoms with Crippen LogP contribution >= 0.6 is 0 Å². The molecule has 2 rings (SSSR count). The van der Waals surface area contributed by atoms with Crippen LogP contribution in [0.4, 0.5) is 4.39 Å². The molecule has 0 aliphatic heterocycles. The van der Waals surface area contributed by atoms with Gasteiger partial charge in [-0.1, -0.05) is 12.1 Å². The summed E-state index contributed by atoms with van der Waals surface area (Å²) in [6.45, 7) is 0.431. The van der Waals surface area contributed by atoms with E-state index in [2.05, 4.69) is 0 Å². The summed E-state index contributed by atoms with van der Waals surface area (Å²) in [5.41, 5.74) is 0.571. The Balaban J connectivity index is 1.95. The van der Waals surface area contributed by atoms with Crippen molar-refractivity contribution in [1.29, 1.82) is 0 Å². The summed E-state index contributed by atoms with van der Waals surface area (Å²) >= 11 is 0. The standard InChI is InChI=1S/C13H18FNO3S/c1-15(8-11-6-13(16)7-11)19(17,18)9-10-2-4-12(14)5-3-10/h2-5,11,13,16H,6-9H2,1H3. The first-order valence-corrected chi connectivity index (χ1v) is 7.84. The third-order valence-corrected chi connectivity index (χ3v) is 5.26. The maximum Gasteiger partial charge on any atom is 0.218 e. The second-order valence-electron chi connectivity index (χ2n) is 5.15. The number of hydrogen-bond acceptors (Lipinski definition) is 3. The lowest BCUT2D eigenvalue weighted by Gasteiger charge is -2.34. The molecule has 1 fully saturated rings. The van der Waals surface area contributed by atoms with Gasteiger partial charge in [0.05, 0.1) is 11.9 Å². The van der Waals surface area contributed by atoms with Crippen molar-refractivity contribution in [2.45, 2.75) is 24.7 Å². The summed E-state index contributed by atoms with van der Waals surface area (Å²) in [6, 6.07) is 5.47. The Morgan fingerprint density at radius 1 is 1.32 bits per heavy atom. The monoisotopic (exact) mass is 287 g/mol. The molecular formula is C13H18FNO3S. The fourth-order valence-electron chi connectivity index (χ4n) is 2.23. The lowest BCUT2D eigenvalue weighted by molar-refractivity contribution is 0.0367. The molecule has 6 heteroatoms. The third kappa shape index (κ3) is 3.75. The molecule has 1 aromatic rings. The van der Waals surface area contributed by atoms with Gasteiger partial charge >= 0.3 is 0 Å². The van der Waals surface area contributed by atoms with Crippen molar-refractivity contribution in [2.75, 3.05) is 13.6 Å². The fraction of sp³-hybridized carbons (Fsp3) is 0.538. The first kappa shape index (κ1) is 14.4. The van der Waals surface area contributed by atoms with E-state index >= 15 is 0 Å². The summed E-state index contributed by atoms with van der Waals surface area (Å²) in [5, 5.41) is 9.19. The molecule has 0 amide bonds. The van der Waals surface area contributed by atoms with Gasteiger partial charge in [0.1, 0.15) is 5.82 Å². The maximum atomic E-state index is 12.8. The van der Waals surface area contributed by atoms with Gasteiger partial charge in [0.25, 0.3) is 0 Å². The molecule has 0 unspecified atom stereocenters. The van der Waals surface area contributed by atoms with E-state index in [9.17, 15) is 17.9 Å². The summed E-state index contributed by atoms with van der Waals surface area (Å²) < 4.78 is 38.3. The molecule has 0 spiro atoms. The quantitative estimate of drug-likeness (QED) is 0.889. The molecule has 0 atom stereocenters. The number of nitrogens with zero attached hydrogens (tertiary/aromatic N) is 1. The Bertz CT molecular complexity index is 523. The van der Waals surface area contributed by atoms with Gasteiger partial charge in [-0.25, -0.2) is 17.1 Å². The second kappa shape index (κ2) is 5.56. The van der Waals surface area contributed by atoms with Gasteiger partial charge in [-0.3, -0.25) is 0 Å². The van der Waals surface area contributed by atoms with Crippen molar-refractivity contribution in [2.24, 2.45) is 5.92 Å². The van der Waals surface area contributed by atoms with Crippen LogP contribution in [0.1, 0.15) is 18.4 Å². The molecule has 1 aliphatic carbocycles. The van der Waals surface area contributed by atoms with Gasteiger partial charge in [-0.15, -0.1) is 0 Å². The highest BCUT2D eigenvalue weighted by molar-refractivity contribution is 7.88. The summed E-state index contributed by atoms with van der Waals surface area (Å²) in [5.74, 6) is -0.264. The number of benzene rings is 1. The number of sulfonamides is 1. The van der Waals surface area contributed by atoms with E-state index in [0.29, 0.717) is 24.9 Å². The molecule has 0 heterocycles. The Kier molecular flexibility index (Phi) is 4.23. The SMILES string of the molecule is CN(CC1CC(O)C1)S(=O)(=O)Cc1ccc(F)cc1. The zero-order valence-corrected chi connectivity index (χ0v) is 11.6. The molecule has 1 saturated carbocycles. The molecule has 19 heavy (non-hydrogen) atoms. The minimum atomic E-state index is -3.39. The lowest BCUT2D eigenvalue weighted by atomic mass is 9.82. The Hall–Kier alpha value is -0.980. The Morgan fingerprint density at radius 3 is 2.42 bits per heavy atom. The van der Waals surface area contributed by atoms with Crippen LogP contribution in [0, 0.1) is 11.7 Å². The lowest BCUT2D eigenvalue weighted by Crippen LogP contribution is -2.39. The van der Waals surface area contributed by atoms with Crippen LogP contribution < -0.4 is 0 Å². The Morgan fingerprint density at radius 2 is 1.89 bits per heavy atom. The topological polar surface area (TPSA) is 57.6 Å². The van der Waals surface area contributed by atoms with E-state index in [1.54, 1.807) is 7.05 Å². The van der Waals surface area contributed by atoms with Gasteiger partial charge in [-0.05, 0) is 36.5 Å². The molecule has 1 N–H and O–H groups in total. The Labute approximate surface area is 112 Å². The summed E-state index contributed by atoms with van der Waals surface area (Å²) in [4.78, 5) is 0. The highest BCUT2D eigenvalue weighted by Gasteiger charge is 2.31. The number of aliphatic hydroxyl groups is 1.